The molecule has 1 N–H and O–H groups in total. The second-order valence-electron chi connectivity index (χ2n) is 13.7. The number of hydrogen-bond donors (Lipinski definition) is 1. The third kappa shape index (κ3) is 7.78. The van der Waals surface area contributed by atoms with Crippen molar-refractivity contribution in [1.82, 2.24) is 9.80 Å². The fourth-order valence-corrected chi connectivity index (χ4v) is 6.64. The van der Waals surface area contributed by atoms with E-state index in [1.54, 1.807) is 24.0 Å². The first-order valence-electron chi connectivity index (χ1n) is 16.0. The SMILES string of the molecule is Cc1cccc(F)c1C(=O)N1CCCC(C(=O)Nc2cccc(C(C)(C)C)c2)C1c1ccc(CCCN2CCC(F)(F)C2)cc1. The molecule has 2 amide bonds. The molecule has 3 aromatic carbocycles. The monoisotopic (exact) mass is 619 g/mol. The predicted octanol–water partition coefficient (Wildman–Crippen LogP) is 7.94. The highest BCUT2D eigenvalue weighted by Gasteiger charge is 2.41. The van der Waals surface area contributed by atoms with Crippen molar-refractivity contribution in [3.05, 3.63) is 100 Å². The zero-order valence-corrected chi connectivity index (χ0v) is 26.7. The molecule has 2 saturated heterocycles. The number of likely N-dealkylation sites (tertiary alicyclic amines) is 2. The number of anilines is 1. The highest BCUT2D eigenvalue weighted by molar-refractivity contribution is 5.98. The van der Waals surface area contributed by atoms with Crippen LogP contribution in [0.3, 0.4) is 0 Å². The van der Waals surface area contributed by atoms with Gasteiger partial charge in [0.05, 0.1) is 24.1 Å². The summed E-state index contributed by atoms with van der Waals surface area (Å²) in [6, 6.07) is 19.7. The van der Waals surface area contributed by atoms with Gasteiger partial charge in [0.1, 0.15) is 5.82 Å². The second kappa shape index (κ2) is 13.4. The van der Waals surface area contributed by atoms with Crippen LogP contribution in [0.1, 0.15) is 85.1 Å². The normalized spacial score (nSPS) is 20.3. The van der Waals surface area contributed by atoms with E-state index in [9.17, 15) is 18.4 Å². The maximum Gasteiger partial charge on any atom is 0.261 e. The summed E-state index contributed by atoms with van der Waals surface area (Å²) < 4.78 is 42.1. The zero-order chi connectivity index (χ0) is 32.4. The van der Waals surface area contributed by atoms with E-state index in [4.69, 9.17) is 0 Å². The minimum Gasteiger partial charge on any atom is -0.331 e. The summed E-state index contributed by atoms with van der Waals surface area (Å²) >= 11 is 0. The molecule has 2 aliphatic rings. The van der Waals surface area contributed by atoms with Crippen LogP contribution in [0.5, 0.6) is 0 Å². The van der Waals surface area contributed by atoms with Gasteiger partial charge in [-0.25, -0.2) is 13.2 Å². The lowest BCUT2D eigenvalue weighted by atomic mass is 9.82. The van der Waals surface area contributed by atoms with E-state index >= 15 is 4.39 Å². The lowest BCUT2D eigenvalue weighted by Crippen LogP contribution is -2.46. The van der Waals surface area contributed by atoms with Crippen LogP contribution in [-0.4, -0.2) is 53.7 Å². The van der Waals surface area contributed by atoms with E-state index in [1.165, 1.54) is 6.07 Å². The van der Waals surface area contributed by atoms with Gasteiger partial charge < -0.3 is 10.2 Å². The third-order valence-electron chi connectivity index (χ3n) is 9.17. The van der Waals surface area contributed by atoms with Crippen molar-refractivity contribution >= 4 is 17.5 Å². The topological polar surface area (TPSA) is 52.7 Å². The van der Waals surface area contributed by atoms with E-state index in [1.807, 2.05) is 53.4 Å². The maximum atomic E-state index is 15.0. The van der Waals surface area contributed by atoms with Crippen LogP contribution in [0, 0.1) is 18.7 Å². The quantitative estimate of drug-likeness (QED) is 0.279. The molecule has 5 rings (SSSR count). The molecule has 0 radical (unpaired) electrons. The minimum atomic E-state index is -2.59. The highest BCUT2D eigenvalue weighted by Crippen LogP contribution is 2.39. The van der Waals surface area contributed by atoms with Crippen molar-refractivity contribution in [2.24, 2.45) is 5.92 Å². The number of nitrogens with one attached hydrogen (secondary N) is 1. The van der Waals surface area contributed by atoms with Gasteiger partial charge in [0.25, 0.3) is 11.8 Å². The minimum absolute atomic E-state index is 0.0329. The Morgan fingerprint density at radius 2 is 1.73 bits per heavy atom. The molecular formula is C37H44F3N3O2. The number of aryl methyl sites for hydroxylation is 2. The molecular weight excluding hydrogens is 575 g/mol. The number of benzene rings is 3. The van der Waals surface area contributed by atoms with Crippen LogP contribution >= 0.6 is 0 Å². The lowest BCUT2D eigenvalue weighted by Gasteiger charge is -2.41. The average Bonchev–Trinajstić information content (AvgIpc) is 3.34. The van der Waals surface area contributed by atoms with Crippen LogP contribution < -0.4 is 5.32 Å². The van der Waals surface area contributed by atoms with Gasteiger partial charge >= 0.3 is 0 Å². The first kappa shape index (κ1) is 32.7. The molecule has 2 fully saturated rings. The summed E-state index contributed by atoms with van der Waals surface area (Å²) in [6.07, 6.45) is 2.61. The molecule has 240 valence electrons. The summed E-state index contributed by atoms with van der Waals surface area (Å²) in [7, 11) is 0. The van der Waals surface area contributed by atoms with Crippen LogP contribution in [0.4, 0.5) is 18.9 Å². The molecule has 2 unspecified atom stereocenters. The van der Waals surface area contributed by atoms with Gasteiger partial charge in [0.15, 0.2) is 0 Å². The number of halogens is 3. The molecule has 0 spiro atoms. The van der Waals surface area contributed by atoms with Crippen molar-refractivity contribution < 1.29 is 22.8 Å². The Balaban J connectivity index is 1.39. The van der Waals surface area contributed by atoms with E-state index in [2.05, 4.69) is 26.1 Å². The molecule has 2 aliphatic heterocycles. The Morgan fingerprint density at radius 1 is 1.00 bits per heavy atom. The predicted molar refractivity (Wildman–Crippen MR) is 172 cm³/mol. The summed E-state index contributed by atoms with van der Waals surface area (Å²) in [5.74, 6) is -4.31. The van der Waals surface area contributed by atoms with Gasteiger partial charge in [-0.15, -0.1) is 0 Å². The van der Waals surface area contributed by atoms with Crippen LogP contribution in [-0.2, 0) is 16.6 Å². The number of carbonyl (C=O) groups excluding carboxylic acids is 2. The van der Waals surface area contributed by atoms with Crippen molar-refractivity contribution in [3.8, 4) is 0 Å². The zero-order valence-electron chi connectivity index (χ0n) is 26.7. The molecule has 0 bridgehead atoms. The molecule has 45 heavy (non-hydrogen) atoms. The smallest absolute Gasteiger partial charge is 0.261 e. The summed E-state index contributed by atoms with van der Waals surface area (Å²) in [5.41, 5.74) is 4.16. The average molecular weight is 620 g/mol. The van der Waals surface area contributed by atoms with Gasteiger partial charge in [-0.2, -0.15) is 0 Å². The Labute approximate surface area is 264 Å². The maximum absolute atomic E-state index is 15.0. The fourth-order valence-electron chi connectivity index (χ4n) is 6.64. The number of nitrogens with zero attached hydrogens (tertiary/aromatic N) is 2. The number of amides is 2. The van der Waals surface area contributed by atoms with Crippen molar-refractivity contribution in [1.29, 1.82) is 0 Å². The molecule has 2 heterocycles. The van der Waals surface area contributed by atoms with Gasteiger partial charge in [-0.1, -0.05) is 69.3 Å². The number of piperidine rings is 1. The highest BCUT2D eigenvalue weighted by atomic mass is 19.3. The van der Waals surface area contributed by atoms with Gasteiger partial charge in [-0.05, 0) is 85.0 Å². The lowest BCUT2D eigenvalue weighted by molar-refractivity contribution is -0.123. The Kier molecular flexibility index (Phi) is 9.73. The molecule has 8 heteroatoms. The molecule has 0 saturated carbocycles. The van der Waals surface area contributed by atoms with Gasteiger partial charge in [0, 0.05) is 25.2 Å². The first-order chi connectivity index (χ1) is 21.3. The largest absolute Gasteiger partial charge is 0.331 e. The van der Waals surface area contributed by atoms with Crippen molar-refractivity contribution in [2.75, 3.05) is 31.5 Å². The van der Waals surface area contributed by atoms with E-state index in [-0.39, 0.29) is 29.9 Å². The standard InChI is InChI=1S/C37H44F3N3O2/c1-25-9-5-14-31(38)32(25)35(45)43-21-8-13-30(34(44)41-29-12-6-11-28(23-29)36(2,3)4)33(43)27-17-15-26(16-18-27)10-7-20-42-22-19-37(39,40)24-42/h5-6,9,11-12,14-18,23,30,33H,7-8,10,13,19-22,24H2,1-4H3,(H,41,44). The molecule has 3 aromatic rings. The second-order valence-corrected chi connectivity index (χ2v) is 13.7. The van der Waals surface area contributed by atoms with E-state index < -0.39 is 29.6 Å². The molecule has 0 aromatic heterocycles. The van der Waals surface area contributed by atoms with E-state index in [0.29, 0.717) is 43.7 Å². The van der Waals surface area contributed by atoms with Crippen LogP contribution in [0.25, 0.3) is 0 Å². The number of rotatable bonds is 8. The van der Waals surface area contributed by atoms with Crippen molar-refractivity contribution in [3.63, 3.8) is 0 Å². The molecule has 5 nitrogen and oxygen atoms in total. The Morgan fingerprint density at radius 3 is 2.40 bits per heavy atom. The first-order valence-corrected chi connectivity index (χ1v) is 16.0. The van der Waals surface area contributed by atoms with Crippen molar-refractivity contribution in [2.45, 2.75) is 77.2 Å². The summed E-state index contributed by atoms with van der Waals surface area (Å²) in [4.78, 5) is 31.4. The fraction of sp³-hybridized carbons (Fsp3) is 0.459. The summed E-state index contributed by atoms with van der Waals surface area (Å²) in [6.45, 7) is 9.34. The van der Waals surface area contributed by atoms with Crippen LogP contribution in [0.15, 0.2) is 66.7 Å². The third-order valence-corrected chi connectivity index (χ3v) is 9.17. The number of alkyl halides is 2. The van der Waals surface area contributed by atoms with Gasteiger partial charge in [0.2, 0.25) is 5.91 Å². The Hall–Kier alpha value is -3.65. The van der Waals surface area contributed by atoms with Crippen LogP contribution in [0.2, 0.25) is 0 Å². The Bertz CT molecular complexity index is 1500. The van der Waals surface area contributed by atoms with E-state index in [0.717, 1.165) is 29.5 Å². The molecule has 2 atom stereocenters. The summed E-state index contributed by atoms with van der Waals surface area (Å²) in [5, 5.41) is 3.11. The van der Waals surface area contributed by atoms with Gasteiger partial charge in [-0.3, -0.25) is 14.5 Å². The molecule has 0 aliphatic carbocycles. The number of hydrogen-bond acceptors (Lipinski definition) is 3. The number of carbonyl (C=O) groups is 2.